The van der Waals surface area contributed by atoms with Gasteiger partial charge in [0.15, 0.2) is 5.11 Å². The van der Waals surface area contributed by atoms with Gasteiger partial charge in [0.05, 0.1) is 0 Å². The lowest BCUT2D eigenvalue weighted by atomic mass is 10.1. The van der Waals surface area contributed by atoms with E-state index in [0.29, 0.717) is 28.9 Å². The van der Waals surface area contributed by atoms with Crippen LogP contribution < -0.4 is 10.1 Å². The molecule has 1 aliphatic rings. The number of furan rings is 1. The van der Waals surface area contributed by atoms with Gasteiger partial charge in [0, 0.05) is 17.6 Å². The Morgan fingerprint density at radius 2 is 1.96 bits per heavy atom. The number of fused-ring (bicyclic) bond motifs is 1. The van der Waals surface area contributed by atoms with E-state index in [1.165, 1.54) is 4.90 Å². The number of hydrogen-bond acceptors (Lipinski definition) is 4. The maximum Gasteiger partial charge on any atom is 0.276 e. The first kappa shape index (κ1) is 17.8. The lowest BCUT2D eigenvalue weighted by molar-refractivity contribution is -0.121. The molecule has 1 amide bonds. The first-order valence-corrected chi connectivity index (χ1v) is 9.41. The lowest BCUT2D eigenvalue weighted by Crippen LogP contribution is -2.25. The molecule has 1 aromatic heterocycles. The molecular weight excluding hydrogens is 428 g/mol. The molecule has 4 rings (SSSR count). The van der Waals surface area contributed by atoms with Gasteiger partial charge in [0.25, 0.3) is 5.91 Å². The topological polar surface area (TPSA) is 54.7 Å². The summed E-state index contributed by atoms with van der Waals surface area (Å²) >= 11 is 8.53. The molecule has 136 valence electrons. The Hall–Kier alpha value is -2.64. The quantitative estimate of drug-likeness (QED) is 0.477. The van der Waals surface area contributed by atoms with E-state index in [-0.39, 0.29) is 5.91 Å². The molecule has 0 aliphatic carbocycles. The Bertz CT molecular complexity index is 1090. The molecule has 1 N–H and O–H groups in total. The number of nitrogens with one attached hydrogen (secondary N) is 1. The summed E-state index contributed by atoms with van der Waals surface area (Å²) in [4.78, 5) is 13.4. The van der Waals surface area contributed by atoms with Crippen LogP contribution in [-0.4, -0.2) is 23.0 Å². The summed E-state index contributed by atoms with van der Waals surface area (Å²) in [6, 6.07) is 15.7. The average Bonchev–Trinajstić information content (AvgIpc) is 3.20. The summed E-state index contributed by atoms with van der Waals surface area (Å²) < 4.78 is 12.6. The number of carbonyl (C=O) groups excluding carboxylic acids is 1. The summed E-state index contributed by atoms with van der Waals surface area (Å²) in [6.07, 6.45) is 1.63. The van der Waals surface area contributed by atoms with Crippen molar-refractivity contribution in [1.29, 1.82) is 0 Å². The number of carbonyl (C=O) groups is 1. The average molecular weight is 443 g/mol. The van der Waals surface area contributed by atoms with Crippen LogP contribution in [0, 0.1) is 0 Å². The van der Waals surface area contributed by atoms with Crippen molar-refractivity contribution in [2.45, 2.75) is 6.61 Å². The van der Waals surface area contributed by atoms with Crippen LogP contribution in [0.5, 0.6) is 5.75 Å². The van der Waals surface area contributed by atoms with Crippen molar-refractivity contribution in [1.82, 2.24) is 10.2 Å². The number of amides is 1. The Balaban J connectivity index is 1.45. The predicted octanol–water partition coefficient (Wildman–Crippen LogP) is 4.46. The maximum absolute atomic E-state index is 12.0. The SMILES string of the molecule is CN1C(=O)C(=Cc2ccc(COc3ccc4cc(Br)ccc4c3)o2)NC1=S. The second-order valence-corrected chi connectivity index (χ2v) is 7.40. The van der Waals surface area contributed by atoms with Crippen molar-refractivity contribution in [3.63, 3.8) is 0 Å². The number of benzene rings is 2. The first-order chi connectivity index (χ1) is 13.0. The van der Waals surface area contributed by atoms with Gasteiger partial charge >= 0.3 is 0 Å². The number of likely N-dealkylation sites (N-methyl/N-ethyl adjacent to an activating group) is 1. The van der Waals surface area contributed by atoms with Crippen molar-refractivity contribution < 1.29 is 13.9 Å². The first-order valence-electron chi connectivity index (χ1n) is 8.21. The van der Waals surface area contributed by atoms with Gasteiger partial charge in [-0.25, -0.2) is 0 Å². The Morgan fingerprint density at radius 1 is 1.19 bits per heavy atom. The molecule has 0 spiro atoms. The Labute approximate surface area is 169 Å². The van der Waals surface area contributed by atoms with Gasteiger partial charge in [-0.3, -0.25) is 9.69 Å². The summed E-state index contributed by atoms with van der Waals surface area (Å²) in [5.74, 6) is 1.81. The fourth-order valence-electron chi connectivity index (χ4n) is 2.75. The van der Waals surface area contributed by atoms with Gasteiger partial charge < -0.3 is 14.5 Å². The van der Waals surface area contributed by atoms with Crippen molar-refractivity contribution >= 4 is 56.0 Å². The van der Waals surface area contributed by atoms with E-state index in [0.717, 1.165) is 21.0 Å². The maximum atomic E-state index is 12.0. The fourth-order valence-corrected chi connectivity index (χ4v) is 3.33. The molecule has 0 radical (unpaired) electrons. The van der Waals surface area contributed by atoms with Gasteiger partial charge in [-0.1, -0.05) is 28.1 Å². The van der Waals surface area contributed by atoms with Crippen molar-refractivity contribution in [2.75, 3.05) is 7.05 Å². The Morgan fingerprint density at radius 3 is 2.74 bits per heavy atom. The molecular formula is C20H15BrN2O3S. The zero-order chi connectivity index (χ0) is 19.0. The number of halogens is 1. The third-order valence-corrected chi connectivity index (χ3v) is 5.07. The van der Waals surface area contributed by atoms with Crippen molar-refractivity contribution in [2.24, 2.45) is 0 Å². The molecule has 2 heterocycles. The highest BCUT2D eigenvalue weighted by atomic mass is 79.9. The van der Waals surface area contributed by atoms with E-state index in [2.05, 4.69) is 27.3 Å². The minimum atomic E-state index is -0.183. The molecule has 1 fully saturated rings. The highest BCUT2D eigenvalue weighted by Crippen LogP contribution is 2.25. The van der Waals surface area contributed by atoms with Crippen LogP contribution in [0.25, 0.3) is 16.8 Å². The van der Waals surface area contributed by atoms with Gasteiger partial charge in [-0.2, -0.15) is 0 Å². The van der Waals surface area contributed by atoms with Crippen LogP contribution in [-0.2, 0) is 11.4 Å². The number of hydrogen-bond donors (Lipinski definition) is 1. The molecule has 0 unspecified atom stereocenters. The zero-order valence-corrected chi connectivity index (χ0v) is 16.8. The monoisotopic (exact) mass is 442 g/mol. The molecule has 1 saturated heterocycles. The van der Waals surface area contributed by atoms with E-state index in [1.54, 1.807) is 19.2 Å². The molecule has 0 saturated carbocycles. The molecule has 1 aliphatic heterocycles. The van der Waals surface area contributed by atoms with Gasteiger partial charge in [-0.05, 0) is 59.4 Å². The summed E-state index contributed by atoms with van der Waals surface area (Å²) in [6.45, 7) is 0.297. The second-order valence-electron chi connectivity index (χ2n) is 6.10. The van der Waals surface area contributed by atoms with E-state index < -0.39 is 0 Å². The highest BCUT2D eigenvalue weighted by molar-refractivity contribution is 9.10. The number of ether oxygens (including phenoxy) is 1. The minimum absolute atomic E-state index is 0.183. The van der Waals surface area contributed by atoms with Gasteiger partial charge in [0.1, 0.15) is 29.6 Å². The fraction of sp³-hybridized carbons (Fsp3) is 0.100. The van der Waals surface area contributed by atoms with Crippen LogP contribution in [0.4, 0.5) is 0 Å². The van der Waals surface area contributed by atoms with Gasteiger partial charge in [0.2, 0.25) is 0 Å². The second kappa shape index (κ2) is 7.17. The lowest BCUT2D eigenvalue weighted by Gasteiger charge is -2.06. The molecule has 7 heteroatoms. The predicted molar refractivity (Wildman–Crippen MR) is 111 cm³/mol. The number of thiocarbonyl (C=S) groups is 1. The Kier molecular flexibility index (Phi) is 4.72. The minimum Gasteiger partial charge on any atom is -0.486 e. The molecule has 2 aromatic carbocycles. The van der Waals surface area contributed by atoms with Crippen LogP contribution in [0.15, 0.2) is 63.1 Å². The van der Waals surface area contributed by atoms with Crippen molar-refractivity contribution in [3.05, 3.63) is 70.2 Å². The largest absolute Gasteiger partial charge is 0.486 e. The molecule has 27 heavy (non-hydrogen) atoms. The van der Waals surface area contributed by atoms with E-state index in [4.69, 9.17) is 21.4 Å². The highest BCUT2D eigenvalue weighted by Gasteiger charge is 2.27. The van der Waals surface area contributed by atoms with Crippen molar-refractivity contribution in [3.8, 4) is 5.75 Å². The normalized spacial score (nSPS) is 15.6. The zero-order valence-electron chi connectivity index (χ0n) is 14.4. The summed E-state index contributed by atoms with van der Waals surface area (Å²) in [7, 11) is 1.63. The van der Waals surface area contributed by atoms with Crippen LogP contribution in [0.2, 0.25) is 0 Å². The van der Waals surface area contributed by atoms with Crippen LogP contribution in [0.1, 0.15) is 11.5 Å². The molecule has 0 atom stereocenters. The summed E-state index contributed by atoms with van der Waals surface area (Å²) in [5, 5.41) is 5.49. The van der Waals surface area contributed by atoms with Gasteiger partial charge in [-0.15, -0.1) is 0 Å². The number of nitrogens with zero attached hydrogens (tertiary/aromatic N) is 1. The van der Waals surface area contributed by atoms with E-state index in [9.17, 15) is 4.79 Å². The summed E-state index contributed by atoms with van der Waals surface area (Å²) in [5.41, 5.74) is 0.394. The number of rotatable bonds is 4. The third kappa shape index (κ3) is 3.74. The van der Waals surface area contributed by atoms with Crippen LogP contribution in [0.3, 0.4) is 0 Å². The molecule has 5 nitrogen and oxygen atoms in total. The molecule has 0 bridgehead atoms. The standard InChI is InChI=1S/C20H15BrN2O3S/c1-23-19(24)18(22-20(23)27)10-16-6-7-17(26-16)11-25-15-5-3-12-8-14(21)4-2-13(12)9-15/h2-10H,11H2,1H3,(H,22,27). The molecule has 3 aromatic rings. The van der Waals surface area contributed by atoms with E-state index >= 15 is 0 Å². The van der Waals surface area contributed by atoms with Crippen LogP contribution >= 0.6 is 28.1 Å². The third-order valence-electron chi connectivity index (χ3n) is 4.21. The van der Waals surface area contributed by atoms with E-state index in [1.807, 2.05) is 36.4 Å². The smallest absolute Gasteiger partial charge is 0.276 e.